The highest BCUT2D eigenvalue weighted by Gasteiger charge is 2.33. The van der Waals surface area contributed by atoms with E-state index in [-0.39, 0.29) is 5.91 Å². The largest absolute Gasteiger partial charge is 0.494 e. The third kappa shape index (κ3) is 7.10. The quantitative estimate of drug-likeness (QED) is 0.594. The van der Waals surface area contributed by atoms with E-state index in [1.165, 1.54) is 25.9 Å². The number of likely N-dealkylation sites (tertiary alicyclic amines) is 1. The van der Waals surface area contributed by atoms with Crippen LogP contribution in [0.2, 0.25) is 0 Å². The fourth-order valence-electron chi connectivity index (χ4n) is 3.91. The van der Waals surface area contributed by atoms with Crippen LogP contribution in [0.1, 0.15) is 53.4 Å². The first-order valence-corrected chi connectivity index (χ1v) is 10.6. The number of carbonyl (C=O) groups excluding carboxylic acids is 1. The van der Waals surface area contributed by atoms with Gasteiger partial charge in [0.15, 0.2) is 0 Å². The minimum absolute atomic E-state index is 0.117. The van der Waals surface area contributed by atoms with E-state index in [9.17, 15) is 4.79 Å². The first-order chi connectivity index (χ1) is 13.3. The molecule has 1 aliphatic rings. The predicted octanol–water partition coefficient (Wildman–Crippen LogP) is 4.58. The van der Waals surface area contributed by atoms with Crippen molar-refractivity contribution in [3.63, 3.8) is 0 Å². The van der Waals surface area contributed by atoms with Gasteiger partial charge in [0.05, 0.1) is 6.61 Å². The summed E-state index contributed by atoms with van der Waals surface area (Å²) < 4.78 is 11.3. The first kappa shape index (κ1) is 22.7. The Bertz CT molecular complexity index is 602. The number of piperidine rings is 1. The van der Waals surface area contributed by atoms with Crippen LogP contribution in [-0.2, 0) is 9.53 Å². The van der Waals surface area contributed by atoms with Crippen molar-refractivity contribution in [2.24, 2.45) is 11.8 Å². The van der Waals surface area contributed by atoms with E-state index in [1.807, 2.05) is 31.2 Å². The van der Waals surface area contributed by atoms with Crippen LogP contribution in [0.4, 0.5) is 5.69 Å². The van der Waals surface area contributed by atoms with Crippen molar-refractivity contribution in [1.29, 1.82) is 0 Å². The highest BCUT2D eigenvalue weighted by atomic mass is 16.5. The van der Waals surface area contributed by atoms with Gasteiger partial charge >= 0.3 is 0 Å². The zero-order chi connectivity index (χ0) is 20.6. The van der Waals surface area contributed by atoms with Gasteiger partial charge in [0.2, 0.25) is 0 Å². The summed E-state index contributed by atoms with van der Waals surface area (Å²) in [6.45, 7) is 12.6. The summed E-state index contributed by atoms with van der Waals surface area (Å²) in [5.74, 6) is 1.91. The lowest BCUT2D eigenvalue weighted by molar-refractivity contribution is -0.137. The number of amides is 1. The zero-order valence-corrected chi connectivity index (χ0v) is 18.3. The smallest absolute Gasteiger partial charge is 0.256 e. The van der Waals surface area contributed by atoms with Gasteiger partial charge in [0, 0.05) is 25.9 Å². The van der Waals surface area contributed by atoms with Crippen LogP contribution in [0.25, 0.3) is 0 Å². The Hall–Kier alpha value is -1.59. The molecule has 0 spiro atoms. The lowest BCUT2D eigenvalue weighted by atomic mass is 9.93. The van der Waals surface area contributed by atoms with Crippen molar-refractivity contribution in [3.05, 3.63) is 24.3 Å². The molecule has 2 atom stereocenters. The molecule has 1 amide bonds. The van der Waals surface area contributed by atoms with E-state index in [0.29, 0.717) is 18.9 Å². The van der Waals surface area contributed by atoms with Gasteiger partial charge in [0.1, 0.15) is 11.4 Å². The molecule has 1 aromatic carbocycles. The van der Waals surface area contributed by atoms with E-state index < -0.39 is 5.60 Å². The maximum Gasteiger partial charge on any atom is 0.256 e. The van der Waals surface area contributed by atoms with E-state index >= 15 is 0 Å². The minimum Gasteiger partial charge on any atom is -0.494 e. The molecular weight excluding hydrogens is 352 g/mol. The summed E-state index contributed by atoms with van der Waals surface area (Å²) in [6, 6.07) is 7.58. The molecule has 1 N–H and O–H groups in total. The van der Waals surface area contributed by atoms with Crippen molar-refractivity contribution in [2.45, 2.75) is 59.0 Å². The third-order valence-corrected chi connectivity index (χ3v) is 5.47. The number of benzene rings is 1. The molecule has 1 saturated heterocycles. The zero-order valence-electron chi connectivity index (χ0n) is 18.3. The summed E-state index contributed by atoms with van der Waals surface area (Å²) in [4.78, 5) is 15.1. The minimum atomic E-state index is -0.824. The highest BCUT2D eigenvalue weighted by Crippen LogP contribution is 2.23. The Balaban J connectivity index is 1.75. The Kier molecular flexibility index (Phi) is 8.77. The highest BCUT2D eigenvalue weighted by molar-refractivity contribution is 5.97. The van der Waals surface area contributed by atoms with Crippen molar-refractivity contribution in [3.8, 4) is 5.75 Å². The molecule has 0 unspecified atom stereocenters. The van der Waals surface area contributed by atoms with E-state index in [0.717, 1.165) is 30.3 Å². The van der Waals surface area contributed by atoms with Gasteiger partial charge in [0.25, 0.3) is 5.91 Å². The number of nitrogens with one attached hydrogen (secondary N) is 1. The van der Waals surface area contributed by atoms with E-state index in [2.05, 4.69) is 31.0 Å². The lowest BCUT2D eigenvalue weighted by Crippen LogP contribution is -2.43. The summed E-state index contributed by atoms with van der Waals surface area (Å²) in [6.07, 6.45) is 4.38. The van der Waals surface area contributed by atoms with Crippen LogP contribution < -0.4 is 10.1 Å². The molecule has 1 aliphatic heterocycles. The van der Waals surface area contributed by atoms with Gasteiger partial charge in [-0.15, -0.1) is 0 Å². The number of methoxy groups -OCH3 is 1. The molecule has 1 heterocycles. The Morgan fingerprint density at radius 3 is 2.64 bits per heavy atom. The Morgan fingerprint density at radius 2 is 2.04 bits per heavy atom. The SMILES string of the molecule is CO[C@](C)(CC(C)C)C(=O)Nc1ccc(OCCCN2CCC[C@@H](C)C2)cc1. The predicted molar refractivity (Wildman–Crippen MR) is 115 cm³/mol. The second-order valence-electron chi connectivity index (χ2n) is 8.76. The summed E-state index contributed by atoms with van der Waals surface area (Å²) in [5, 5.41) is 2.95. The summed E-state index contributed by atoms with van der Waals surface area (Å²) >= 11 is 0. The maximum atomic E-state index is 12.6. The van der Waals surface area contributed by atoms with Crippen molar-refractivity contribution in [1.82, 2.24) is 4.90 Å². The van der Waals surface area contributed by atoms with Crippen molar-refractivity contribution in [2.75, 3.05) is 38.7 Å². The second kappa shape index (κ2) is 10.8. The molecule has 5 heteroatoms. The number of hydrogen-bond donors (Lipinski definition) is 1. The van der Waals surface area contributed by atoms with E-state index in [1.54, 1.807) is 7.11 Å². The van der Waals surface area contributed by atoms with Gasteiger partial charge in [-0.2, -0.15) is 0 Å². The van der Waals surface area contributed by atoms with Crippen LogP contribution in [0.3, 0.4) is 0 Å². The number of hydrogen-bond acceptors (Lipinski definition) is 4. The number of carbonyl (C=O) groups is 1. The van der Waals surface area contributed by atoms with Crippen LogP contribution in [0.15, 0.2) is 24.3 Å². The van der Waals surface area contributed by atoms with Gasteiger partial charge in [-0.05, 0) is 75.3 Å². The van der Waals surface area contributed by atoms with Crippen LogP contribution >= 0.6 is 0 Å². The average molecular weight is 391 g/mol. The average Bonchev–Trinajstić information content (AvgIpc) is 2.66. The maximum absolute atomic E-state index is 12.6. The molecule has 0 aliphatic carbocycles. The molecule has 5 nitrogen and oxygen atoms in total. The molecule has 0 saturated carbocycles. The summed E-state index contributed by atoms with van der Waals surface area (Å²) in [7, 11) is 1.59. The Morgan fingerprint density at radius 1 is 1.32 bits per heavy atom. The summed E-state index contributed by atoms with van der Waals surface area (Å²) in [5.41, 5.74) is -0.0679. The number of anilines is 1. The fourth-order valence-corrected chi connectivity index (χ4v) is 3.91. The molecule has 0 aromatic heterocycles. The van der Waals surface area contributed by atoms with Crippen molar-refractivity contribution < 1.29 is 14.3 Å². The van der Waals surface area contributed by atoms with Crippen molar-refractivity contribution >= 4 is 11.6 Å². The molecule has 1 aromatic rings. The Labute approximate surface area is 170 Å². The van der Waals surface area contributed by atoms with Crippen LogP contribution in [0, 0.1) is 11.8 Å². The number of nitrogens with zero attached hydrogens (tertiary/aromatic N) is 1. The lowest BCUT2D eigenvalue weighted by Gasteiger charge is -2.30. The normalized spacial score (nSPS) is 20.0. The molecule has 2 rings (SSSR count). The fraction of sp³-hybridized carbons (Fsp3) is 0.696. The molecule has 28 heavy (non-hydrogen) atoms. The van der Waals surface area contributed by atoms with Crippen LogP contribution in [-0.4, -0.2) is 49.8 Å². The van der Waals surface area contributed by atoms with E-state index in [4.69, 9.17) is 9.47 Å². The number of rotatable bonds is 10. The molecular formula is C23H38N2O3. The molecule has 1 fully saturated rings. The standard InChI is InChI=1S/C23H38N2O3/c1-18(2)16-23(4,27-5)22(26)24-20-9-11-21(12-10-20)28-15-7-14-25-13-6-8-19(3)17-25/h9-12,18-19H,6-8,13-17H2,1-5H3,(H,24,26)/t19-,23-/m1/s1. The van der Waals surface area contributed by atoms with Crippen LogP contribution in [0.5, 0.6) is 5.75 Å². The second-order valence-corrected chi connectivity index (χ2v) is 8.76. The molecule has 158 valence electrons. The monoisotopic (exact) mass is 390 g/mol. The van der Waals surface area contributed by atoms with Gasteiger partial charge in [-0.3, -0.25) is 4.79 Å². The number of ether oxygens (including phenoxy) is 2. The third-order valence-electron chi connectivity index (χ3n) is 5.47. The topological polar surface area (TPSA) is 50.8 Å². The first-order valence-electron chi connectivity index (χ1n) is 10.6. The molecule has 0 radical (unpaired) electrons. The van der Waals surface area contributed by atoms with Gasteiger partial charge < -0.3 is 19.7 Å². The van der Waals surface area contributed by atoms with Gasteiger partial charge in [-0.25, -0.2) is 0 Å². The molecule has 0 bridgehead atoms. The van der Waals surface area contributed by atoms with Gasteiger partial charge in [-0.1, -0.05) is 20.8 Å².